The van der Waals surface area contributed by atoms with Crippen molar-refractivity contribution in [1.82, 2.24) is 30.1 Å². The maximum absolute atomic E-state index is 13.8. The first-order chi connectivity index (χ1) is 19.2. The quantitative estimate of drug-likeness (QED) is 0.311. The molecule has 10 nitrogen and oxygen atoms in total. The van der Waals surface area contributed by atoms with Crippen molar-refractivity contribution in [3.63, 3.8) is 0 Å². The predicted octanol–water partition coefficient (Wildman–Crippen LogP) is 4.78. The van der Waals surface area contributed by atoms with Crippen molar-refractivity contribution in [2.24, 2.45) is 0 Å². The van der Waals surface area contributed by atoms with Crippen LogP contribution in [-0.2, 0) is 11.3 Å². The molecule has 2 aliphatic rings. The fraction of sp³-hybridized carbons (Fsp3) is 0.517. The Morgan fingerprint density at radius 1 is 1.15 bits per heavy atom. The van der Waals surface area contributed by atoms with Gasteiger partial charge in [-0.15, -0.1) is 5.10 Å². The Morgan fingerprint density at radius 3 is 2.82 bits per heavy atom. The largest absolute Gasteiger partial charge is 0.494 e. The van der Waals surface area contributed by atoms with Crippen molar-refractivity contribution in [3.8, 4) is 5.75 Å². The molecule has 6 rings (SSSR count). The van der Waals surface area contributed by atoms with Gasteiger partial charge in [0.05, 0.1) is 31.6 Å². The number of fused-ring (bicyclic) bond motifs is 1. The van der Waals surface area contributed by atoms with E-state index in [1.807, 2.05) is 48.0 Å². The second-order valence-corrected chi connectivity index (χ2v) is 10.6. The third-order valence-electron chi connectivity index (χ3n) is 7.90. The number of benzene rings is 1. The summed E-state index contributed by atoms with van der Waals surface area (Å²) in [4.78, 5) is 19.1. The third kappa shape index (κ3) is 5.62. The van der Waals surface area contributed by atoms with Crippen molar-refractivity contribution in [2.45, 2.75) is 76.6 Å². The molecule has 1 aliphatic heterocycles. The Labute approximate surface area is 227 Å². The molecule has 1 N–H and O–H groups in total. The summed E-state index contributed by atoms with van der Waals surface area (Å²) in [6, 6.07) is 11.3. The van der Waals surface area contributed by atoms with Gasteiger partial charge >= 0.3 is 0 Å². The van der Waals surface area contributed by atoms with Crippen molar-refractivity contribution in [2.75, 3.05) is 19.8 Å². The van der Waals surface area contributed by atoms with Gasteiger partial charge in [0.2, 0.25) is 0 Å². The zero-order chi connectivity index (χ0) is 26.6. The number of pyridine rings is 1. The molecule has 2 fully saturated rings. The van der Waals surface area contributed by atoms with Gasteiger partial charge in [0.25, 0.3) is 5.56 Å². The van der Waals surface area contributed by atoms with E-state index in [-0.39, 0.29) is 17.7 Å². The molecule has 1 aliphatic carbocycles. The number of hydrogen-bond acceptors (Lipinski definition) is 8. The molecule has 0 amide bonds. The van der Waals surface area contributed by atoms with Gasteiger partial charge in [0.15, 0.2) is 5.82 Å². The van der Waals surface area contributed by atoms with Crippen molar-refractivity contribution in [3.05, 3.63) is 70.2 Å². The van der Waals surface area contributed by atoms with E-state index in [9.17, 15) is 4.79 Å². The molecule has 0 radical (unpaired) electrons. The third-order valence-corrected chi connectivity index (χ3v) is 7.90. The highest BCUT2D eigenvalue weighted by atomic mass is 16.5. The van der Waals surface area contributed by atoms with E-state index >= 15 is 0 Å². The average molecular weight is 533 g/mol. The van der Waals surface area contributed by atoms with Gasteiger partial charge in [-0.25, -0.2) is 4.68 Å². The molecule has 206 valence electrons. The molecular formula is C29H36N6O4. The summed E-state index contributed by atoms with van der Waals surface area (Å²) in [5.74, 6) is 2.25. The van der Waals surface area contributed by atoms with Gasteiger partial charge in [0.1, 0.15) is 17.6 Å². The molecule has 0 bridgehead atoms. The van der Waals surface area contributed by atoms with Crippen LogP contribution in [0.5, 0.6) is 5.75 Å². The summed E-state index contributed by atoms with van der Waals surface area (Å²) >= 11 is 0. The predicted molar refractivity (Wildman–Crippen MR) is 146 cm³/mol. The topological polar surface area (TPSA) is 111 Å². The van der Waals surface area contributed by atoms with Gasteiger partial charge in [-0.3, -0.25) is 9.69 Å². The van der Waals surface area contributed by atoms with Crippen LogP contribution in [0.1, 0.15) is 81.1 Å². The number of H-pyrrole nitrogens is 1. The Hall–Kier alpha value is -3.50. The summed E-state index contributed by atoms with van der Waals surface area (Å²) in [7, 11) is 0. The van der Waals surface area contributed by atoms with Crippen LogP contribution >= 0.6 is 0 Å². The smallest absolute Gasteiger partial charge is 0.253 e. The maximum Gasteiger partial charge on any atom is 0.253 e. The van der Waals surface area contributed by atoms with E-state index < -0.39 is 6.04 Å². The van der Waals surface area contributed by atoms with Crippen LogP contribution in [-0.4, -0.2) is 56.0 Å². The highest BCUT2D eigenvalue weighted by Crippen LogP contribution is 2.35. The maximum atomic E-state index is 13.8. The number of aromatic amines is 1. The molecule has 10 heteroatoms. The lowest BCUT2D eigenvalue weighted by molar-refractivity contribution is 0.0539. The van der Waals surface area contributed by atoms with Crippen LogP contribution in [0.25, 0.3) is 10.9 Å². The number of nitrogens with zero attached hydrogens (tertiary/aromatic N) is 5. The number of nitrogens with one attached hydrogen (secondary N) is 1. The highest BCUT2D eigenvalue weighted by molar-refractivity contribution is 5.80. The number of tetrazole rings is 1. The highest BCUT2D eigenvalue weighted by Gasteiger charge is 2.35. The summed E-state index contributed by atoms with van der Waals surface area (Å²) in [5.41, 5.74) is 1.19. The summed E-state index contributed by atoms with van der Waals surface area (Å²) in [6.07, 6.45) is 9.33. The first kappa shape index (κ1) is 25.8. The fourth-order valence-corrected chi connectivity index (χ4v) is 6.04. The lowest BCUT2D eigenvalue weighted by atomic mass is 9.95. The number of rotatable bonds is 10. The Morgan fingerprint density at radius 2 is 2.05 bits per heavy atom. The molecular weight excluding hydrogens is 496 g/mol. The monoisotopic (exact) mass is 532 g/mol. The zero-order valence-electron chi connectivity index (χ0n) is 22.4. The molecule has 0 unspecified atom stereocenters. The second-order valence-electron chi connectivity index (χ2n) is 10.6. The number of furan rings is 1. The van der Waals surface area contributed by atoms with Gasteiger partial charge < -0.3 is 18.9 Å². The molecule has 1 aromatic carbocycles. The molecule has 1 saturated carbocycles. The van der Waals surface area contributed by atoms with Crippen molar-refractivity contribution < 1.29 is 13.9 Å². The molecule has 1 saturated heterocycles. The standard InChI is InChI=1S/C29H36N6O4/c1-2-37-22-12-13-26-20(16-22)17-25(29(36)30-26)27(28-31-32-33-35(28)21-8-4-3-5-9-21)34(18-23-10-6-14-38-23)19-24-11-7-15-39-24/h6,10,12-14,16-17,21,24,27H,2-5,7-9,11,15,18-19H2,1H3,(H,30,36)/t24-,27+/m0/s1. The fourth-order valence-electron chi connectivity index (χ4n) is 6.04. The van der Waals surface area contributed by atoms with Gasteiger partial charge in [0, 0.05) is 29.6 Å². The normalized spacial score (nSPS) is 19.2. The van der Waals surface area contributed by atoms with Crippen LogP contribution in [0.4, 0.5) is 0 Å². The average Bonchev–Trinajstić information content (AvgIpc) is 3.74. The Bertz CT molecular complexity index is 1420. The first-order valence-corrected chi connectivity index (χ1v) is 14.1. The molecule has 0 spiro atoms. The minimum Gasteiger partial charge on any atom is -0.494 e. The van der Waals surface area contributed by atoms with E-state index in [0.29, 0.717) is 31.1 Å². The first-order valence-electron chi connectivity index (χ1n) is 14.1. The van der Waals surface area contributed by atoms with E-state index in [4.69, 9.17) is 13.9 Å². The van der Waals surface area contributed by atoms with Crippen molar-refractivity contribution in [1.29, 1.82) is 0 Å². The van der Waals surface area contributed by atoms with Crippen LogP contribution in [0, 0.1) is 0 Å². The Balaban J connectivity index is 1.49. The number of ether oxygens (including phenoxy) is 2. The van der Waals surface area contributed by atoms with Gasteiger partial charge in [-0.2, -0.15) is 0 Å². The number of hydrogen-bond donors (Lipinski definition) is 1. The number of aromatic nitrogens is 5. The van der Waals surface area contributed by atoms with E-state index in [0.717, 1.165) is 67.5 Å². The SMILES string of the molecule is CCOc1ccc2[nH]c(=O)c([C@H](c3nnnn3C3CCCCC3)N(Cc3ccco3)C[C@@H]3CCCO3)cc2c1. The second kappa shape index (κ2) is 11.7. The van der Waals surface area contributed by atoms with Gasteiger partial charge in [-0.05, 0) is 79.4 Å². The summed E-state index contributed by atoms with van der Waals surface area (Å²) in [6.45, 7) is 4.39. The van der Waals surface area contributed by atoms with Crippen LogP contribution < -0.4 is 10.3 Å². The van der Waals surface area contributed by atoms with E-state index in [2.05, 4.69) is 25.4 Å². The van der Waals surface area contributed by atoms with Crippen LogP contribution in [0.3, 0.4) is 0 Å². The van der Waals surface area contributed by atoms with Crippen molar-refractivity contribution >= 4 is 10.9 Å². The lowest BCUT2D eigenvalue weighted by Gasteiger charge is -2.33. The van der Waals surface area contributed by atoms with E-state index in [1.54, 1.807) is 6.26 Å². The van der Waals surface area contributed by atoms with Gasteiger partial charge in [-0.1, -0.05) is 19.3 Å². The minimum atomic E-state index is -0.500. The summed E-state index contributed by atoms with van der Waals surface area (Å²) in [5, 5.41) is 14.1. The molecule has 4 heterocycles. The zero-order valence-corrected chi connectivity index (χ0v) is 22.4. The van der Waals surface area contributed by atoms with E-state index in [1.165, 1.54) is 6.42 Å². The molecule has 3 aromatic heterocycles. The molecule has 2 atom stereocenters. The summed E-state index contributed by atoms with van der Waals surface area (Å²) < 4.78 is 19.6. The molecule has 4 aromatic rings. The van der Waals surface area contributed by atoms with Crippen LogP contribution in [0.15, 0.2) is 51.9 Å². The minimum absolute atomic E-state index is 0.0607. The Kier molecular flexibility index (Phi) is 7.74. The molecule has 39 heavy (non-hydrogen) atoms. The van der Waals surface area contributed by atoms with Crippen LogP contribution in [0.2, 0.25) is 0 Å². The lowest BCUT2D eigenvalue weighted by Crippen LogP contribution is -2.39.